The van der Waals surface area contributed by atoms with E-state index in [2.05, 4.69) is 33.5 Å². The van der Waals surface area contributed by atoms with E-state index in [0.29, 0.717) is 16.4 Å². The summed E-state index contributed by atoms with van der Waals surface area (Å²) in [6.07, 6.45) is 5.08. The second-order valence-corrected chi connectivity index (χ2v) is 7.85. The molecule has 0 aliphatic carbocycles. The Kier molecular flexibility index (Phi) is 5.78. The number of aromatic nitrogens is 2. The zero-order valence-corrected chi connectivity index (χ0v) is 16.6. The molecule has 0 saturated carbocycles. The standard InChI is InChI=1S/C21H18ClN3O2S/c22-19-5-2-16(12-23-19)21(26)25-17-3-6-20(24-13-17)28-10-8-14-1-4-18-15(11-14)7-9-27-18/h1-6,11-13H,7-10H2,(H,25,26). The van der Waals surface area contributed by atoms with Crippen molar-refractivity contribution < 1.29 is 9.53 Å². The third kappa shape index (κ3) is 4.64. The summed E-state index contributed by atoms with van der Waals surface area (Å²) < 4.78 is 5.54. The number of fused-ring (bicyclic) bond motifs is 1. The van der Waals surface area contributed by atoms with Gasteiger partial charge in [-0.2, -0.15) is 0 Å². The van der Waals surface area contributed by atoms with Gasteiger partial charge in [0.2, 0.25) is 0 Å². The lowest BCUT2D eigenvalue weighted by atomic mass is 10.1. The Morgan fingerprint density at radius 2 is 2.07 bits per heavy atom. The summed E-state index contributed by atoms with van der Waals surface area (Å²) in [4.78, 5) is 20.5. The third-order valence-electron chi connectivity index (χ3n) is 4.38. The van der Waals surface area contributed by atoms with Crippen LogP contribution in [0.25, 0.3) is 0 Å². The Hall–Kier alpha value is -2.57. The van der Waals surface area contributed by atoms with Crippen LogP contribution in [0.2, 0.25) is 5.15 Å². The number of nitrogens with zero attached hydrogens (tertiary/aromatic N) is 2. The van der Waals surface area contributed by atoms with Crippen LogP contribution in [0, 0.1) is 0 Å². The van der Waals surface area contributed by atoms with Gasteiger partial charge >= 0.3 is 0 Å². The molecule has 1 amide bonds. The smallest absolute Gasteiger partial charge is 0.257 e. The van der Waals surface area contributed by atoms with Crippen LogP contribution in [0.1, 0.15) is 21.5 Å². The maximum absolute atomic E-state index is 12.2. The first-order valence-electron chi connectivity index (χ1n) is 8.94. The highest BCUT2D eigenvalue weighted by molar-refractivity contribution is 7.99. The Morgan fingerprint density at radius 3 is 2.86 bits per heavy atom. The molecular formula is C21H18ClN3O2S. The van der Waals surface area contributed by atoms with Crippen molar-refractivity contribution >= 4 is 35.0 Å². The summed E-state index contributed by atoms with van der Waals surface area (Å²) in [5, 5.41) is 4.09. The molecule has 4 rings (SSSR count). The summed E-state index contributed by atoms with van der Waals surface area (Å²) >= 11 is 7.43. The number of hydrogen-bond acceptors (Lipinski definition) is 5. The fourth-order valence-corrected chi connectivity index (χ4v) is 3.87. The number of ether oxygens (including phenoxy) is 1. The molecule has 0 radical (unpaired) electrons. The van der Waals surface area contributed by atoms with Crippen molar-refractivity contribution in [1.82, 2.24) is 9.97 Å². The first kappa shape index (κ1) is 18.8. The highest BCUT2D eigenvalue weighted by atomic mass is 35.5. The lowest BCUT2D eigenvalue weighted by molar-refractivity contribution is 0.102. The predicted molar refractivity (Wildman–Crippen MR) is 112 cm³/mol. The topological polar surface area (TPSA) is 64.1 Å². The predicted octanol–water partition coefficient (Wildman–Crippen LogP) is 4.65. The molecule has 0 fully saturated rings. The molecule has 1 aromatic carbocycles. The van der Waals surface area contributed by atoms with E-state index >= 15 is 0 Å². The van der Waals surface area contributed by atoms with E-state index in [9.17, 15) is 4.79 Å². The van der Waals surface area contributed by atoms with Gasteiger partial charge in [0.1, 0.15) is 10.9 Å². The largest absolute Gasteiger partial charge is 0.493 e. The van der Waals surface area contributed by atoms with E-state index in [1.54, 1.807) is 30.1 Å². The van der Waals surface area contributed by atoms with Gasteiger partial charge in [-0.3, -0.25) is 4.79 Å². The van der Waals surface area contributed by atoms with Crippen molar-refractivity contribution in [2.45, 2.75) is 17.9 Å². The Bertz CT molecular complexity index is 978. The lowest BCUT2D eigenvalue weighted by Gasteiger charge is -2.07. The Morgan fingerprint density at radius 1 is 1.14 bits per heavy atom. The molecule has 1 aliphatic rings. The summed E-state index contributed by atoms with van der Waals surface area (Å²) in [7, 11) is 0. The molecule has 0 unspecified atom stereocenters. The number of rotatable bonds is 6. The fraction of sp³-hybridized carbons (Fsp3) is 0.190. The first-order chi connectivity index (χ1) is 13.7. The minimum absolute atomic E-state index is 0.244. The van der Waals surface area contributed by atoms with Gasteiger partial charge in [0.25, 0.3) is 5.91 Å². The number of benzene rings is 1. The Balaban J connectivity index is 1.28. The highest BCUT2D eigenvalue weighted by Crippen LogP contribution is 2.27. The van der Waals surface area contributed by atoms with Crippen molar-refractivity contribution in [2.75, 3.05) is 17.7 Å². The van der Waals surface area contributed by atoms with Crippen molar-refractivity contribution in [2.24, 2.45) is 0 Å². The quantitative estimate of drug-likeness (QED) is 0.472. The molecule has 0 saturated heterocycles. The molecule has 1 N–H and O–H groups in total. The van der Waals surface area contributed by atoms with E-state index in [-0.39, 0.29) is 5.91 Å². The van der Waals surface area contributed by atoms with Crippen LogP contribution in [0.5, 0.6) is 5.75 Å². The van der Waals surface area contributed by atoms with Gasteiger partial charge in [0.05, 0.1) is 29.1 Å². The molecular weight excluding hydrogens is 394 g/mol. The number of nitrogens with one attached hydrogen (secondary N) is 1. The molecule has 2 aromatic heterocycles. The number of carbonyl (C=O) groups excluding carboxylic acids is 1. The van der Waals surface area contributed by atoms with E-state index in [1.165, 1.54) is 17.3 Å². The number of hydrogen-bond donors (Lipinski definition) is 1. The van der Waals surface area contributed by atoms with Crippen LogP contribution in [0.3, 0.4) is 0 Å². The Labute approximate surface area is 172 Å². The van der Waals surface area contributed by atoms with Gasteiger partial charge < -0.3 is 10.1 Å². The van der Waals surface area contributed by atoms with E-state index in [0.717, 1.165) is 36.0 Å². The van der Waals surface area contributed by atoms with Crippen molar-refractivity contribution in [3.05, 3.63) is 76.7 Å². The number of pyridine rings is 2. The van der Waals surface area contributed by atoms with Gasteiger partial charge in [0.15, 0.2) is 0 Å². The van der Waals surface area contributed by atoms with Crippen molar-refractivity contribution in [3.63, 3.8) is 0 Å². The minimum atomic E-state index is -0.244. The molecule has 142 valence electrons. The van der Waals surface area contributed by atoms with Gasteiger partial charge in [-0.25, -0.2) is 9.97 Å². The molecule has 1 aliphatic heterocycles. The maximum Gasteiger partial charge on any atom is 0.257 e. The van der Waals surface area contributed by atoms with Gasteiger partial charge in [-0.05, 0) is 47.9 Å². The van der Waals surface area contributed by atoms with Crippen LogP contribution in [0.15, 0.2) is 59.9 Å². The molecule has 3 heterocycles. The van der Waals surface area contributed by atoms with Crippen LogP contribution in [0.4, 0.5) is 5.69 Å². The summed E-state index contributed by atoms with van der Waals surface area (Å²) in [5.74, 6) is 1.71. The average molecular weight is 412 g/mol. The SMILES string of the molecule is O=C(Nc1ccc(SCCc2ccc3c(c2)CCO3)nc1)c1ccc(Cl)nc1. The van der Waals surface area contributed by atoms with E-state index in [4.69, 9.17) is 16.3 Å². The fourth-order valence-electron chi connectivity index (χ4n) is 2.92. The summed E-state index contributed by atoms with van der Waals surface area (Å²) in [5.41, 5.74) is 3.71. The van der Waals surface area contributed by atoms with Crippen molar-refractivity contribution in [1.29, 1.82) is 0 Å². The second kappa shape index (κ2) is 8.63. The lowest BCUT2D eigenvalue weighted by Crippen LogP contribution is -2.12. The molecule has 0 bridgehead atoms. The highest BCUT2D eigenvalue weighted by Gasteiger charge is 2.12. The zero-order valence-electron chi connectivity index (χ0n) is 15.0. The summed E-state index contributed by atoms with van der Waals surface area (Å²) in [6.45, 7) is 0.787. The molecule has 7 heteroatoms. The van der Waals surface area contributed by atoms with E-state index in [1.807, 2.05) is 12.1 Å². The number of aryl methyl sites for hydroxylation is 1. The number of halogens is 1. The zero-order chi connectivity index (χ0) is 19.3. The molecule has 3 aromatic rings. The average Bonchev–Trinajstić information content (AvgIpc) is 3.18. The number of thioether (sulfide) groups is 1. The maximum atomic E-state index is 12.2. The molecule has 0 atom stereocenters. The normalized spacial score (nSPS) is 12.3. The number of anilines is 1. The first-order valence-corrected chi connectivity index (χ1v) is 10.3. The van der Waals surface area contributed by atoms with Crippen LogP contribution >= 0.6 is 23.4 Å². The van der Waals surface area contributed by atoms with E-state index < -0.39 is 0 Å². The third-order valence-corrected chi connectivity index (χ3v) is 5.55. The second-order valence-electron chi connectivity index (χ2n) is 6.35. The van der Waals surface area contributed by atoms with Crippen LogP contribution in [-0.4, -0.2) is 28.2 Å². The minimum Gasteiger partial charge on any atom is -0.493 e. The van der Waals surface area contributed by atoms with Crippen LogP contribution < -0.4 is 10.1 Å². The molecule has 0 spiro atoms. The summed E-state index contributed by atoms with van der Waals surface area (Å²) in [6, 6.07) is 13.4. The number of amides is 1. The molecule has 5 nitrogen and oxygen atoms in total. The van der Waals surface area contributed by atoms with Gasteiger partial charge in [0, 0.05) is 18.4 Å². The monoisotopic (exact) mass is 411 g/mol. The number of carbonyl (C=O) groups is 1. The van der Waals surface area contributed by atoms with Crippen LogP contribution in [-0.2, 0) is 12.8 Å². The van der Waals surface area contributed by atoms with Crippen molar-refractivity contribution in [3.8, 4) is 5.75 Å². The van der Waals surface area contributed by atoms with Gasteiger partial charge in [-0.1, -0.05) is 23.7 Å². The van der Waals surface area contributed by atoms with Gasteiger partial charge in [-0.15, -0.1) is 11.8 Å². The molecule has 28 heavy (non-hydrogen) atoms.